The normalized spacial score (nSPS) is 26.8. The lowest BCUT2D eigenvalue weighted by Gasteiger charge is -2.29. The summed E-state index contributed by atoms with van der Waals surface area (Å²) < 4.78 is 0. The molecule has 0 aliphatic heterocycles. The molecule has 0 saturated heterocycles. The van der Waals surface area contributed by atoms with Gasteiger partial charge in [0.2, 0.25) is 0 Å². The molecule has 0 spiro atoms. The number of hydrogen-bond acceptors (Lipinski definition) is 3. The van der Waals surface area contributed by atoms with Crippen LogP contribution in [0.15, 0.2) is 11.4 Å². The molecule has 1 aliphatic rings. The van der Waals surface area contributed by atoms with Gasteiger partial charge in [0.25, 0.3) is 0 Å². The maximum atomic E-state index is 6.10. The first-order chi connectivity index (χ1) is 7.27. The summed E-state index contributed by atoms with van der Waals surface area (Å²) in [7, 11) is 0. The third-order valence-electron chi connectivity index (χ3n) is 3.31. The number of nitrogens with one attached hydrogen (secondary N) is 1. The Labute approximate surface area is 95.9 Å². The number of hydrogen-bond donors (Lipinski definition) is 2. The first-order valence-electron chi connectivity index (χ1n) is 5.79. The minimum Gasteiger partial charge on any atom is -0.326 e. The Morgan fingerprint density at radius 2 is 2.27 bits per heavy atom. The highest BCUT2D eigenvalue weighted by Gasteiger charge is 2.21. The third kappa shape index (κ3) is 2.80. The van der Waals surface area contributed by atoms with Gasteiger partial charge in [-0.2, -0.15) is 0 Å². The molecule has 15 heavy (non-hydrogen) atoms. The third-order valence-corrected chi connectivity index (χ3v) is 4.34. The van der Waals surface area contributed by atoms with Crippen LogP contribution in [-0.2, 0) is 6.54 Å². The summed E-state index contributed by atoms with van der Waals surface area (Å²) in [6.07, 6.45) is 5.05. The zero-order valence-corrected chi connectivity index (χ0v) is 10.1. The van der Waals surface area contributed by atoms with E-state index in [0.717, 1.165) is 6.54 Å². The van der Waals surface area contributed by atoms with Gasteiger partial charge in [-0.25, -0.2) is 0 Å². The van der Waals surface area contributed by atoms with Gasteiger partial charge in [0, 0.05) is 23.5 Å². The van der Waals surface area contributed by atoms with Crippen LogP contribution in [0.5, 0.6) is 0 Å². The highest BCUT2D eigenvalue weighted by molar-refractivity contribution is 7.10. The van der Waals surface area contributed by atoms with Gasteiger partial charge in [-0.1, -0.05) is 12.8 Å². The summed E-state index contributed by atoms with van der Waals surface area (Å²) in [5, 5.41) is 5.76. The first kappa shape index (κ1) is 11.1. The summed E-state index contributed by atoms with van der Waals surface area (Å²) in [6, 6.07) is 3.07. The van der Waals surface area contributed by atoms with Crippen LogP contribution in [0.3, 0.4) is 0 Å². The maximum absolute atomic E-state index is 6.10. The molecule has 0 amide bonds. The Balaban J connectivity index is 1.84. The van der Waals surface area contributed by atoms with Crippen LogP contribution < -0.4 is 11.1 Å². The van der Waals surface area contributed by atoms with Crippen LogP contribution in [-0.4, -0.2) is 12.1 Å². The topological polar surface area (TPSA) is 38.0 Å². The minimum absolute atomic E-state index is 0.360. The summed E-state index contributed by atoms with van der Waals surface area (Å²) in [5.41, 5.74) is 7.50. The Morgan fingerprint density at radius 3 is 2.93 bits per heavy atom. The van der Waals surface area contributed by atoms with Crippen molar-refractivity contribution in [2.24, 2.45) is 5.73 Å². The molecule has 0 aromatic carbocycles. The molecule has 2 rings (SSSR count). The van der Waals surface area contributed by atoms with Crippen molar-refractivity contribution in [3.63, 3.8) is 0 Å². The number of thiophene rings is 1. The zero-order valence-electron chi connectivity index (χ0n) is 9.33. The molecule has 2 unspecified atom stereocenters. The van der Waals surface area contributed by atoms with Gasteiger partial charge in [0.15, 0.2) is 0 Å². The van der Waals surface area contributed by atoms with E-state index in [-0.39, 0.29) is 0 Å². The number of rotatable bonds is 3. The van der Waals surface area contributed by atoms with Crippen LogP contribution in [0.2, 0.25) is 0 Å². The van der Waals surface area contributed by atoms with E-state index in [1.165, 1.54) is 36.1 Å². The average Bonchev–Trinajstić information content (AvgIpc) is 2.63. The molecule has 3 heteroatoms. The highest BCUT2D eigenvalue weighted by Crippen LogP contribution is 2.19. The van der Waals surface area contributed by atoms with Gasteiger partial charge in [0.1, 0.15) is 0 Å². The van der Waals surface area contributed by atoms with Gasteiger partial charge in [-0.05, 0) is 36.8 Å². The molecule has 1 aromatic heterocycles. The Morgan fingerprint density at radius 1 is 1.47 bits per heavy atom. The lowest BCUT2D eigenvalue weighted by Crippen LogP contribution is -2.46. The van der Waals surface area contributed by atoms with Gasteiger partial charge in [0.05, 0.1) is 0 Å². The molecule has 2 atom stereocenters. The van der Waals surface area contributed by atoms with Crippen molar-refractivity contribution in [2.75, 3.05) is 0 Å². The quantitative estimate of drug-likeness (QED) is 0.827. The average molecular weight is 224 g/mol. The van der Waals surface area contributed by atoms with Crippen LogP contribution in [0.4, 0.5) is 0 Å². The fourth-order valence-corrected chi connectivity index (χ4v) is 3.08. The van der Waals surface area contributed by atoms with Crippen LogP contribution in [0.1, 0.15) is 36.1 Å². The second-order valence-corrected chi connectivity index (χ2v) is 5.46. The van der Waals surface area contributed by atoms with Gasteiger partial charge in [-0.15, -0.1) is 11.3 Å². The summed E-state index contributed by atoms with van der Waals surface area (Å²) in [4.78, 5) is 1.45. The second-order valence-electron chi connectivity index (χ2n) is 4.46. The molecule has 0 bridgehead atoms. The van der Waals surface area contributed by atoms with Crippen molar-refractivity contribution >= 4 is 11.3 Å². The van der Waals surface area contributed by atoms with Crippen molar-refractivity contribution in [3.8, 4) is 0 Å². The van der Waals surface area contributed by atoms with Gasteiger partial charge >= 0.3 is 0 Å². The van der Waals surface area contributed by atoms with Gasteiger partial charge in [-0.3, -0.25) is 0 Å². The molecule has 1 heterocycles. The van der Waals surface area contributed by atoms with Crippen molar-refractivity contribution in [3.05, 3.63) is 21.9 Å². The van der Waals surface area contributed by atoms with Crippen molar-refractivity contribution in [1.29, 1.82) is 0 Å². The standard InChI is InChI=1S/C12H20N2S/c1-9-6-7-15-12(9)8-14-11-5-3-2-4-10(11)13/h6-7,10-11,14H,2-5,8,13H2,1H3. The molecular formula is C12H20N2S. The smallest absolute Gasteiger partial charge is 0.0305 e. The second kappa shape index (κ2) is 5.10. The maximum Gasteiger partial charge on any atom is 0.0305 e. The Hall–Kier alpha value is -0.380. The monoisotopic (exact) mass is 224 g/mol. The lowest BCUT2D eigenvalue weighted by molar-refractivity contribution is 0.327. The molecule has 1 aliphatic carbocycles. The Kier molecular flexibility index (Phi) is 3.78. The molecule has 2 nitrogen and oxygen atoms in total. The molecule has 1 saturated carbocycles. The predicted octanol–water partition coefficient (Wildman–Crippen LogP) is 2.42. The summed E-state index contributed by atoms with van der Waals surface area (Å²) >= 11 is 1.84. The van der Waals surface area contributed by atoms with E-state index >= 15 is 0 Å². The van der Waals surface area contributed by atoms with Crippen LogP contribution in [0.25, 0.3) is 0 Å². The van der Waals surface area contributed by atoms with E-state index in [0.29, 0.717) is 12.1 Å². The van der Waals surface area contributed by atoms with Crippen LogP contribution >= 0.6 is 11.3 Å². The molecule has 1 fully saturated rings. The van der Waals surface area contributed by atoms with E-state index in [1.807, 2.05) is 11.3 Å². The molecular weight excluding hydrogens is 204 g/mol. The molecule has 1 aromatic rings. The zero-order chi connectivity index (χ0) is 10.7. The fourth-order valence-electron chi connectivity index (χ4n) is 2.22. The van der Waals surface area contributed by atoms with E-state index < -0.39 is 0 Å². The van der Waals surface area contributed by atoms with E-state index in [2.05, 4.69) is 23.7 Å². The van der Waals surface area contributed by atoms with Crippen molar-refractivity contribution in [2.45, 2.75) is 51.2 Å². The van der Waals surface area contributed by atoms with Gasteiger partial charge < -0.3 is 11.1 Å². The van der Waals surface area contributed by atoms with Crippen molar-refractivity contribution in [1.82, 2.24) is 5.32 Å². The molecule has 3 N–H and O–H groups in total. The van der Waals surface area contributed by atoms with E-state index in [4.69, 9.17) is 5.73 Å². The highest BCUT2D eigenvalue weighted by atomic mass is 32.1. The largest absolute Gasteiger partial charge is 0.326 e. The fraction of sp³-hybridized carbons (Fsp3) is 0.667. The first-order valence-corrected chi connectivity index (χ1v) is 6.67. The summed E-state index contributed by atoms with van der Waals surface area (Å²) in [5.74, 6) is 0. The van der Waals surface area contributed by atoms with Crippen molar-refractivity contribution < 1.29 is 0 Å². The van der Waals surface area contributed by atoms with E-state index in [1.54, 1.807) is 0 Å². The number of aryl methyl sites for hydroxylation is 1. The predicted molar refractivity (Wildman–Crippen MR) is 66.1 cm³/mol. The molecule has 0 radical (unpaired) electrons. The SMILES string of the molecule is Cc1ccsc1CNC1CCCCC1N. The Bertz CT molecular complexity index is 308. The number of nitrogens with two attached hydrogens (primary N) is 1. The van der Waals surface area contributed by atoms with Crippen LogP contribution in [0, 0.1) is 6.92 Å². The lowest BCUT2D eigenvalue weighted by atomic mass is 9.91. The minimum atomic E-state index is 0.360. The summed E-state index contributed by atoms with van der Waals surface area (Å²) in [6.45, 7) is 3.16. The van der Waals surface area contributed by atoms with E-state index in [9.17, 15) is 0 Å². The molecule has 84 valence electrons.